The van der Waals surface area contributed by atoms with Crippen molar-refractivity contribution >= 4 is 34.4 Å². The van der Waals surface area contributed by atoms with E-state index in [-0.39, 0.29) is 0 Å². The first-order valence-electron chi connectivity index (χ1n) is 6.78. The summed E-state index contributed by atoms with van der Waals surface area (Å²) in [7, 11) is 3.89. The van der Waals surface area contributed by atoms with Crippen LogP contribution in [0, 0.1) is 0 Å². The van der Waals surface area contributed by atoms with Gasteiger partial charge in [0.25, 0.3) is 0 Å². The highest BCUT2D eigenvalue weighted by atomic mass is 32.1. The third-order valence-corrected chi connectivity index (χ3v) is 3.32. The Labute approximate surface area is 138 Å². The number of nitrogens with zero attached hydrogens (tertiary/aromatic N) is 1. The summed E-state index contributed by atoms with van der Waals surface area (Å²) in [4.78, 5) is 1.97. The van der Waals surface area contributed by atoms with Gasteiger partial charge in [-0.15, -0.1) is 0 Å². The van der Waals surface area contributed by atoms with Crippen LogP contribution in [0.25, 0.3) is 0 Å². The normalized spacial score (nSPS) is 11.0. The molecule has 0 aliphatic heterocycles. The third kappa shape index (κ3) is 4.85. The molecule has 23 heavy (non-hydrogen) atoms. The van der Waals surface area contributed by atoms with Gasteiger partial charge >= 0.3 is 6.18 Å². The van der Waals surface area contributed by atoms with Crippen LogP contribution in [0.1, 0.15) is 5.56 Å². The van der Waals surface area contributed by atoms with E-state index in [0.29, 0.717) is 10.8 Å². The summed E-state index contributed by atoms with van der Waals surface area (Å²) in [6, 6.07) is 12.3. The van der Waals surface area contributed by atoms with Crippen LogP contribution in [0.3, 0.4) is 0 Å². The van der Waals surface area contributed by atoms with Gasteiger partial charge in [0.15, 0.2) is 5.11 Å². The molecule has 2 aromatic rings. The van der Waals surface area contributed by atoms with Gasteiger partial charge in [-0.1, -0.05) is 0 Å². The van der Waals surface area contributed by atoms with Gasteiger partial charge in [-0.2, -0.15) is 13.2 Å². The molecular weight excluding hydrogens is 323 g/mol. The van der Waals surface area contributed by atoms with Crippen LogP contribution >= 0.6 is 12.2 Å². The quantitative estimate of drug-likeness (QED) is 0.801. The lowest BCUT2D eigenvalue weighted by atomic mass is 10.2. The first kappa shape index (κ1) is 17.1. The van der Waals surface area contributed by atoms with E-state index in [9.17, 15) is 13.2 Å². The van der Waals surface area contributed by atoms with Crippen molar-refractivity contribution in [3.63, 3.8) is 0 Å². The fraction of sp³-hybridized carbons (Fsp3) is 0.188. The summed E-state index contributed by atoms with van der Waals surface area (Å²) in [6.45, 7) is 0. The molecule has 0 saturated heterocycles. The molecule has 7 heteroatoms. The van der Waals surface area contributed by atoms with Gasteiger partial charge in [0, 0.05) is 31.2 Å². The Morgan fingerprint density at radius 1 is 0.870 bits per heavy atom. The van der Waals surface area contributed by atoms with Crippen LogP contribution in [0.15, 0.2) is 48.5 Å². The fourth-order valence-electron chi connectivity index (χ4n) is 1.88. The van der Waals surface area contributed by atoms with E-state index >= 15 is 0 Å². The van der Waals surface area contributed by atoms with E-state index in [1.807, 2.05) is 43.3 Å². The monoisotopic (exact) mass is 339 g/mol. The van der Waals surface area contributed by atoms with Gasteiger partial charge in [0.1, 0.15) is 0 Å². The lowest BCUT2D eigenvalue weighted by Crippen LogP contribution is -2.19. The topological polar surface area (TPSA) is 27.3 Å². The molecule has 0 heterocycles. The molecule has 0 saturated carbocycles. The highest BCUT2D eigenvalue weighted by molar-refractivity contribution is 7.80. The number of anilines is 3. The number of thiocarbonyl (C=S) groups is 1. The van der Waals surface area contributed by atoms with Crippen LogP contribution in [-0.4, -0.2) is 19.2 Å². The Morgan fingerprint density at radius 3 is 1.70 bits per heavy atom. The number of rotatable bonds is 3. The van der Waals surface area contributed by atoms with E-state index in [1.165, 1.54) is 12.1 Å². The van der Waals surface area contributed by atoms with Crippen molar-refractivity contribution in [2.75, 3.05) is 29.6 Å². The standard InChI is InChI=1S/C16H16F3N3S/c1-22(2)14-9-7-13(8-10-14)21-15(23)20-12-5-3-11(4-6-12)16(17,18)19/h3-10H,1-2H3,(H2,20,21,23). The summed E-state index contributed by atoms with van der Waals surface area (Å²) in [5.74, 6) is 0. The zero-order chi connectivity index (χ0) is 17.0. The Kier molecular flexibility index (Phi) is 5.10. The first-order valence-corrected chi connectivity index (χ1v) is 7.19. The first-order chi connectivity index (χ1) is 10.8. The minimum absolute atomic E-state index is 0.308. The van der Waals surface area contributed by atoms with Crippen molar-refractivity contribution in [3.05, 3.63) is 54.1 Å². The molecule has 2 rings (SSSR count). The molecule has 0 bridgehead atoms. The smallest absolute Gasteiger partial charge is 0.378 e. The number of hydrogen-bond acceptors (Lipinski definition) is 2. The molecule has 0 amide bonds. The Balaban J connectivity index is 1.96. The molecule has 0 aromatic heterocycles. The molecule has 0 atom stereocenters. The molecule has 122 valence electrons. The number of benzene rings is 2. The zero-order valence-electron chi connectivity index (χ0n) is 12.6. The Bertz CT molecular complexity index is 664. The summed E-state index contributed by atoms with van der Waals surface area (Å²) in [5, 5.41) is 6.14. The fourth-order valence-corrected chi connectivity index (χ4v) is 2.11. The van der Waals surface area contributed by atoms with Gasteiger partial charge in [-0.05, 0) is 60.7 Å². The summed E-state index contributed by atoms with van der Waals surface area (Å²) in [5.41, 5.74) is 1.64. The summed E-state index contributed by atoms with van der Waals surface area (Å²) in [6.07, 6.45) is -4.34. The molecule has 2 N–H and O–H groups in total. The van der Waals surface area contributed by atoms with Gasteiger partial charge in [0.05, 0.1) is 5.56 Å². The summed E-state index contributed by atoms with van der Waals surface area (Å²) >= 11 is 5.15. The molecule has 3 nitrogen and oxygen atoms in total. The maximum atomic E-state index is 12.5. The van der Waals surface area contributed by atoms with Gasteiger partial charge < -0.3 is 15.5 Å². The van der Waals surface area contributed by atoms with Crippen molar-refractivity contribution in [1.82, 2.24) is 0 Å². The molecule has 0 spiro atoms. The maximum Gasteiger partial charge on any atom is 0.416 e. The van der Waals surface area contributed by atoms with Crippen molar-refractivity contribution in [2.45, 2.75) is 6.18 Å². The predicted molar refractivity (Wildman–Crippen MR) is 92.1 cm³/mol. The lowest BCUT2D eigenvalue weighted by Gasteiger charge is -2.14. The van der Waals surface area contributed by atoms with Crippen molar-refractivity contribution in [1.29, 1.82) is 0 Å². The second-order valence-electron chi connectivity index (χ2n) is 5.10. The van der Waals surface area contributed by atoms with E-state index in [2.05, 4.69) is 10.6 Å². The van der Waals surface area contributed by atoms with Crippen LogP contribution in [0.4, 0.5) is 30.2 Å². The van der Waals surface area contributed by atoms with Gasteiger partial charge in [-0.25, -0.2) is 0 Å². The Morgan fingerprint density at radius 2 is 1.30 bits per heavy atom. The molecule has 0 unspecified atom stereocenters. The number of halogens is 3. The van der Waals surface area contributed by atoms with E-state index < -0.39 is 11.7 Å². The van der Waals surface area contributed by atoms with Crippen LogP contribution < -0.4 is 15.5 Å². The number of hydrogen-bond donors (Lipinski definition) is 2. The highest BCUT2D eigenvalue weighted by Crippen LogP contribution is 2.29. The van der Waals surface area contributed by atoms with Crippen molar-refractivity contribution < 1.29 is 13.2 Å². The van der Waals surface area contributed by atoms with Gasteiger partial charge in [0.2, 0.25) is 0 Å². The lowest BCUT2D eigenvalue weighted by molar-refractivity contribution is -0.137. The maximum absolute atomic E-state index is 12.5. The molecule has 0 aliphatic rings. The molecule has 0 radical (unpaired) electrons. The number of nitrogens with one attached hydrogen (secondary N) is 2. The molecular formula is C16H16F3N3S. The van der Waals surface area contributed by atoms with E-state index in [1.54, 1.807) is 0 Å². The largest absolute Gasteiger partial charge is 0.416 e. The second-order valence-corrected chi connectivity index (χ2v) is 5.50. The molecule has 2 aromatic carbocycles. The van der Waals surface area contributed by atoms with Crippen molar-refractivity contribution in [3.8, 4) is 0 Å². The molecule has 0 fully saturated rings. The van der Waals surface area contributed by atoms with Crippen LogP contribution in [0.2, 0.25) is 0 Å². The summed E-state index contributed by atoms with van der Waals surface area (Å²) < 4.78 is 37.5. The average Bonchev–Trinajstić information content (AvgIpc) is 2.47. The minimum Gasteiger partial charge on any atom is -0.378 e. The van der Waals surface area contributed by atoms with E-state index in [4.69, 9.17) is 12.2 Å². The van der Waals surface area contributed by atoms with Gasteiger partial charge in [-0.3, -0.25) is 0 Å². The predicted octanol–water partition coefficient (Wildman–Crippen LogP) is 4.58. The highest BCUT2D eigenvalue weighted by Gasteiger charge is 2.29. The average molecular weight is 339 g/mol. The Hall–Kier alpha value is -2.28. The molecule has 0 aliphatic carbocycles. The van der Waals surface area contributed by atoms with E-state index in [0.717, 1.165) is 23.5 Å². The van der Waals surface area contributed by atoms with Crippen molar-refractivity contribution in [2.24, 2.45) is 0 Å². The number of alkyl halides is 3. The van der Waals surface area contributed by atoms with Crippen LogP contribution in [-0.2, 0) is 6.18 Å². The SMILES string of the molecule is CN(C)c1ccc(NC(=S)Nc2ccc(C(F)(F)F)cc2)cc1. The van der Waals surface area contributed by atoms with Crippen LogP contribution in [0.5, 0.6) is 0 Å². The third-order valence-electron chi connectivity index (χ3n) is 3.11. The zero-order valence-corrected chi connectivity index (χ0v) is 13.4. The minimum atomic E-state index is -4.34. The second kappa shape index (κ2) is 6.87.